The number of benzene rings is 1. The van der Waals surface area contributed by atoms with Crippen molar-refractivity contribution in [3.8, 4) is 0 Å². The fourth-order valence-corrected chi connectivity index (χ4v) is 2.84. The standard InChI is InChI=1S/C12H14ClNO4S/c1-8(15)14-11(12(16)17)7-19(18)6-9-2-4-10(13)5-3-9/h2-5,11H,6-7H2,1H3,(H,14,15)(H,16,17)/t11-,19?/m0/s1. The lowest BCUT2D eigenvalue weighted by atomic mass is 10.2. The van der Waals surface area contributed by atoms with Crippen LogP contribution in [-0.4, -0.2) is 33.0 Å². The van der Waals surface area contributed by atoms with E-state index in [-0.39, 0.29) is 11.5 Å². The summed E-state index contributed by atoms with van der Waals surface area (Å²) < 4.78 is 11.9. The van der Waals surface area contributed by atoms with Crippen LogP contribution in [0.4, 0.5) is 0 Å². The maximum Gasteiger partial charge on any atom is 0.327 e. The molecule has 1 amide bonds. The van der Waals surface area contributed by atoms with Crippen molar-refractivity contribution >= 4 is 34.3 Å². The second kappa shape index (κ2) is 7.25. The van der Waals surface area contributed by atoms with E-state index in [4.69, 9.17) is 16.7 Å². The fraction of sp³-hybridized carbons (Fsp3) is 0.333. The third-order valence-corrected chi connectivity index (χ3v) is 3.88. The molecule has 19 heavy (non-hydrogen) atoms. The first-order chi connectivity index (χ1) is 8.88. The third kappa shape index (κ3) is 5.85. The number of carbonyl (C=O) groups is 2. The van der Waals surface area contributed by atoms with Crippen LogP contribution in [0, 0.1) is 0 Å². The van der Waals surface area contributed by atoms with Gasteiger partial charge in [-0.05, 0) is 17.7 Å². The molecule has 104 valence electrons. The number of carbonyl (C=O) groups excluding carboxylic acids is 1. The summed E-state index contributed by atoms with van der Waals surface area (Å²) in [6.45, 7) is 1.22. The monoisotopic (exact) mass is 303 g/mol. The summed E-state index contributed by atoms with van der Waals surface area (Å²) in [5.74, 6) is -1.56. The highest BCUT2D eigenvalue weighted by Crippen LogP contribution is 2.11. The minimum absolute atomic E-state index is 0.127. The molecule has 0 heterocycles. The van der Waals surface area contributed by atoms with Gasteiger partial charge in [-0.15, -0.1) is 0 Å². The molecule has 0 saturated heterocycles. The van der Waals surface area contributed by atoms with Gasteiger partial charge in [0.05, 0.1) is 5.75 Å². The maximum absolute atomic E-state index is 11.9. The third-order valence-electron chi connectivity index (χ3n) is 2.27. The Hall–Kier alpha value is -1.40. The summed E-state index contributed by atoms with van der Waals surface area (Å²) in [6, 6.07) is 5.68. The highest BCUT2D eigenvalue weighted by Gasteiger charge is 2.21. The molecule has 0 aromatic heterocycles. The number of hydrogen-bond acceptors (Lipinski definition) is 3. The molecule has 0 fully saturated rings. The van der Waals surface area contributed by atoms with Crippen LogP contribution in [-0.2, 0) is 26.1 Å². The van der Waals surface area contributed by atoms with Gasteiger partial charge in [-0.3, -0.25) is 9.00 Å². The predicted octanol–water partition coefficient (Wildman–Crippen LogP) is 1.18. The quantitative estimate of drug-likeness (QED) is 0.826. The molecule has 2 atom stereocenters. The van der Waals surface area contributed by atoms with Crippen LogP contribution in [0.5, 0.6) is 0 Å². The van der Waals surface area contributed by atoms with Crippen molar-refractivity contribution in [2.45, 2.75) is 18.7 Å². The summed E-state index contributed by atoms with van der Waals surface area (Å²) in [7, 11) is -1.38. The van der Waals surface area contributed by atoms with Crippen molar-refractivity contribution in [1.82, 2.24) is 5.32 Å². The summed E-state index contributed by atoms with van der Waals surface area (Å²) in [6.07, 6.45) is 0. The number of nitrogens with one attached hydrogen (secondary N) is 1. The first-order valence-electron chi connectivity index (χ1n) is 5.48. The summed E-state index contributed by atoms with van der Waals surface area (Å²) in [5.41, 5.74) is 0.801. The smallest absolute Gasteiger partial charge is 0.327 e. The summed E-state index contributed by atoms with van der Waals surface area (Å²) in [4.78, 5) is 21.7. The first-order valence-corrected chi connectivity index (χ1v) is 7.34. The number of halogens is 1. The molecular formula is C12H14ClNO4S. The molecule has 1 aromatic rings. The van der Waals surface area contributed by atoms with Gasteiger partial charge in [0, 0.05) is 28.5 Å². The SMILES string of the molecule is CC(=O)N[C@@H](CS(=O)Cc1ccc(Cl)cc1)C(=O)O. The molecule has 0 aliphatic heterocycles. The Morgan fingerprint density at radius 3 is 2.42 bits per heavy atom. The molecule has 1 rings (SSSR count). The van der Waals surface area contributed by atoms with Crippen LogP contribution >= 0.6 is 11.6 Å². The second-order valence-electron chi connectivity index (χ2n) is 3.97. The number of rotatable bonds is 6. The van der Waals surface area contributed by atoms with Gasteiger partial charge in [0.25, 0.3) is 0 Å². The number of aliphatic carboxylic acids is 1. The molecular weight excluding hydrogens is 290 g/mol. The van der Waals surface area contributed by atoms with E-state index in [1.165, 1.54) is 6.92 Å². The molecule has 0 aliphatic rings. The van der Waals surface area contributed by atoms with Gasteiger partial charge >= 0.3 is 5.97 Å². The molecule has 2 N–H and O–H groups in total. The zero-order valence-corrected chi connectivity index (χ0v) is 11.8. The molecule has 1 unspecified atom stereocenters. The molecule has 7 heteroatoms. The van der Waals surface area contributed by atoms with E-state index in [1.807, 2.05) is 0 Å². The minimum Gasteiger partial charge on any atom is -0.480 e. The molecule has 0 spiro atoms. The van der Waals surface area contributed by atoms with Crippen LogP contribution in [0.3, 0.4) is 0 Å². The van der Waals surface area contributed by atoms with Crippen molar-refractivity contribution in [3.05, 3.63) is 34.9 Å². The van der Waals surface area contributed by atoms with E-state index in [0.29, 0.717) is 5.02 Å². The lowest BCUT2D eigenvalue weighted by Gasteiger charge is -2.12. The van der Waals surface area contributed by atoms with E-state index in [2.05, 4.69) is 5.32 Å². The van der Waals surface area contributed by atoms with Crippen molar-refractivity contribution in [3.63, 3.8) is 0 Å². The summed E-state index contributed by atoms with van der Waals surface area (Å²) in [5, 5.41) is 11.7. The highest BCUT2D eigenvalue weighted by atomic mass is 35.5. The van der Waals surface area contributed by atoms with Gasteiger partial charge in [0.15, 0.2) is 0 Å². The highest BCUT2D eigenvalue weighted by molar-refractivity contribution is 7.84. The van der Waals surface area contributed by atoms with Crippen molar-refractivity contribution in [2.75, 3.05) is 5.75 Å². The van der Waals surface area contributed by atoms with Gasteiger partial charge < -0.3 is 10.4 Å². The Bertz CT molecular complexity index is 489. The Morgan fingerprint density at radius 2 is 1.95 bits per heavy atom. The largest absolute Gasteiger partial charge is 0.480 e. The van der Waals surface area contributed by atoms with Crippen LogP contribution in [0.25, 0.3) is 0 Å². The van der Waals surface area contributed by atoms with Crippen molar-refractivity contribution in [2.24, 2.45) is 0 Å². The van der Waals surface area contributed by atoms with Gasteiger partial charge in [-0.2, -0.15) is 0 Å². The van der Waals surface area contributed by atoms with Gasteiger partial charge in [0.1, 0.15) is 6.04 Å². The molecule has 0 aliphatic carbocycles. The fourth-order valence-electron chi connectivity index (χ4n) is 1.43. The van der Waals surface area contributed by atoms with Crippen molar-refractivity contribution in [1.29, 1.82) is 0 Å². The van der Waals surface area contributed by atoms with E-state index in [0.717, 1.165) is 5.56 Å². The molecule has 0 radical (unpaired) electrons. The topological polar surface area (TPSA) is 83.5 Å². The maximum atomic E-state index is 11.9. The first kappa shape index (κ1) is 15.7. The van der Waals surface area contributed by atoms with Crippen LogP contribution in [0.15, 0.2) is 24.3 Å². The molecule has 0 saturated carbocycles. The zero-order chi connectivity index (χ0) is 14.4. The van der Waals surface area contributed by atoms with E-state index >= 15 is 0 Å². The van der Waals surface area contributed by atoms with E-state index < -0.39 is 28.7 Å². The van der Waals surface area contributed by atoms with Crippen LogP contribution < -0.4 is 5.32 Å². The summed E-state index contributed by atoms with van der Waals surface area (Å²) >= 11 is 5.73. The molecule has 1 aromatic carbocycles. The number of amides is 1. The Morgan fingerprint density at radius 1 is 1.37 bits per heavy atom. The van der Waals surface area contributed by atoms with Crippen molar-refractivity contribution < 1.29 is 18.9 Å². The lowest BCUT2D eigenvalue weighted by Crippen LogP contribution is -2.43. The predicted molar refractivity (Wildman–Crippen MR) is 73.4 cm³/mol. The minimum atomic E-state index is -1.38. The molecule has 5 nitrogen and oxygen atoms in total. The van der Waals surface area contributed by atoms with Gasteiger partial charge in [-0.1, -0.05) is 23.7 Å². The molecule has 0 bridgehead atoms. The Balaban J connectivity index is 2.59. The average molecular weight is 304 g/mol. The van der Waals surface area contributed by atoms with Crippen LogP contribution in [0.1, 0.15) is 12.5 Å². The lowest BCUT2D eigenvalue weighted by molar-refractivity contribution is -0.140. The number of carboxylic acid groups (broad SMARTS) is 1. The number of carboxylic acids is 1. The van der Waals surface area contributed by atoms with Crippen LogP contribution in [0.2, 0.25) is 5.02 Å². The second-order valence-corrected chi connectivity index (χ2v) is 5.91. The Labute approximate surface area is 118 Å². The number of hydrogen-bond donors (Lipinski definition) is 2. The van der Waals surface area contributed by atoms with E-state index in [9.17, 15) is 13.8 Å². The van der Waals surface area contributed by atoms with E-state index in [1.54, 1.807) is 24.3 Å². The average Bonchev–Trinajstić information content (AvgIpc) is 2.30. The zero-order valence-electron chi connectivity index (χ0n) is 10.3. The van der Waals surface area contributed by atoms with Gasteiger partial charge in [-0.25, -0.2) is 4.79 Å². The Kier molecular flexibility index (Phi) is 5.98. The normalized spacial score (nSPS) is 13.6. The van der Waals surface area contributed by atoms with Gasteiger partial charge in [0.2, 0.25) is 5.91 Å².